The van der Waals surface area contributed by atoms with Gasteiger partial charge in [0.15, 0.2) is 0 Å². The normalized spacial score (nSPS) is 17.9. The molecule has 2 heterocycles. The summed E-state index contributed by atoms with van der Waals surface area (Å²) in [5.74, 6) is -3.11. The molecule has 3 aromatic rings. The van der Waals surface area contributed by atoms with Crippen LogP contribution in [-0.2, 0) is 22.3 Å². The van der Waals surface area contributed by atoms with Gasteiger partial charge in [0.1, 0.15) is 11.6 Å². The summed E-state index contributed by atoms with van der Waals surface area (Å²) in [6.45, 7) is 0.149. The van der Waals surface area contributed by atoms with Crippen molar-refractivity contribution in [3.63, 3.8) is 0 Å². The molecule has 204 valence electrons. The van der Waals surface area contributed by atoms with Crippen LogP contribution in [0.15, 0.2) is 47.4 Å². The molecule has 0 saturated heterocycles. The molecule has 14 heteroatoms. The highest BCUT2D eigenvalue weighted by molar-refractivity contribution is 7.91. The SMILES string of the molecule is CS(=N)(=O)c1cc(NC(=O)c2cc(F)cc(C(F)(F)F)c2)c2c3c1CCN3C(=O)NC2c1cc(F)ccc1Cl. The zero-order valence-corrected chi connectivity index (χ0v) is 21.5. The van der Waals surface area contributed by atoms with Crippen molar-refractivity contribution in [1.82, 2.24) is 5.32 Å². The van der Waals surface area contributed by atoms with E-state index in [1.165, 1.54) is 17.0 Å². The molecule has 0 saturated carbocycles. The summed E-state index contributed by atoms with van der Waals surface area (Å²) in [6, 6.07) is 4.31. The number of hydrogen-bond acceptors (Lipinski definition) is 4. The van der Waals surface area contributed by atoms with E-state index in [1.54, 1.807) is 0 Å². The lowest BCUT2D eigenvalue weighted by atomic mass is 9.91. The number of nitrogens with zero attached hydrogens (tertiary/aromatic N) is 1. The minimum Gasteiger partial charge on any atom is -0.327 e. The first-order valence-electron chi connectivity index (χ1n) is 11.3. The molecule has 2 aliphatic heterocycles. The predicted octanol–water partition coefficient (Wildman–Crippen LogP) is 6.10. The van der Waals surface area contributed by atoms with Gasteiger partial charge in [-0.25, -0.2) is 22.6 Å². The van der Waals surface area contributed by atoms with Crippen LogP contribution in [-0.4, -0.2) is 28.9 Å². The van der Waals surface area contributed by atoms with Gasteiger partial charge in [-0.15, -0.1) is 0 Å². The number of benzene rings is 3. The lowest BCUT2D eigenvalue weighted by Gasteiger charge is -2.35. The number of halogens is 6. The van der Waals surface area contributed by atoms with Crippen LogP contribution in [0.5, 0.6) is 0 Å². The van der Waals surface area contributed by atoms with E-state index in [0.29, 0.717) is 17.7 Å². The molecule has 0 aromatic heterocycles. The first kappa shape index (κ1) is 26.9. The second kappa shape index (κ2) is 9.19. The van der Waals surface area contributed by atoms with Gasteiger partial charge in [0.2, 0.25) is 0 Å². The molecule has 3 N–H and O–H groups in total. The molecule has 0 bridgehead atoms. The number of hydrogen-bond donors (Lipinski definition) is 3. The number of urea groups is 1. The maximum atomic E-state index is 14.2. The summed E-state index contributed by atoms with van der Waals surface area (Å²) in [5, 5.41) is 5.20. The molecular formula is C25H18ClF5N4O3S. The van der Waals surface area contributed by atoms with Crippen LogP contribution in [0.1, 0.15) is 38.7 Å². The highest BCUT2D eigenvalue weighted by Gasteiger charge is 2.41. The standard InChI is InChI=1S/C25H18ClF5N4O3S/c1-39(32,38)19-10-18(33-23(36)11-6-12(25(29,30)31)8-14(28)7-11)20-21(16-9-13(27)2-3-17(16)26)34-24(37)35-5-4-15(19)22(20)35/h2-3,6-10,21,32H,4-5H2,1H3,(H,33,36)(H,34,37). The Bertz CT molecular complexity index is 1680. The molecule has 0 aliphatic carbocycles. The maximum Gasteiger partial charge on any atom is 0.416 e. The molecular weight excluding hydrogens is 567 g/mol. The van der Waals surface area contributed by atoms with Gasteiger partial charge < -0.3 is 10.6 Å². The molecule has 2 aliphatic rings. The fourth-order valence-corrected chi connectivity index (χ4v) is 6.09. The highest BCUT2D eigenvalue weighted by atomic mass is 35.5. The van der Waals surface area contributed by atoms with Gasteiger partial charge in [-0.3, -0.25) is 9.69 Å². The number of carbonyl (C=O) groups is 2. The van der Waals surface area contributed by atoms with E-state index < -0.39 is 56.6 Å². The Morgan fingerprint density at radius 3 is 2.54 bits per heavy atom. The molecule has 3 amide bonds. The van der Waals surface area contributed by atoms with Crippen molar-refractivity contribution in [3.05, 3.63) is 86.9 Å². The maximum absolute atomic E-state index is 14.2. The Morgan fingerprint density at radius 1 is 1.15 bits per heavy atom. The van der Waals surface area contributed by atoms with Crippen LogP contribution in [0.25, 0.3) is 0 Å². The molecule has 39 heavy (non-hydrogen) atoms. The van der Waals surface area contributed by atoms with Crippen LogP contribution < -0.4 is 15.5 Å². The third-order valence-corrected chi connectivity index (χ3v) is 8.03. The quantitative estimate of drug-likeness (QED) is 0.323. The fourth-order valence-electron chi connectivity index (χ4n) is 4.86. The Labute approximate surface area is 223 Å². The molecule has 3 aromatic carbocycles. The lowest BCUT2D eigenvalue weighted by Crippen LogP contribution is -2.46. The highest BCUT2D eigenvalue weighted by Crippen LogP contribution is 2.48. The Balaban J connectivity index is 1.73. The monoisotopic (exact) mass is 584 g/mol. The summed E-state index contributed by atoms with van der Waals surface area (Å²) in [5.41, 5.74) is -1.20. The average Bonchev–Trinajstić information content (AvgIpc) is 3.27. The van der Waals surface area contributed by atoms with Gasteiger partial charge in [0.25, 0.3) is 5.91 Å². The molecule has 2 atom stereocenters. The number of anilines is 2. The lowest BCUT2D eigenvalue weighted by molar-refractivity contribution is -0.137. The van der Waals surface area contributed by atoms with E-state index in [0.717, 1.165) is 18.4 Å². The second-order valence-corrected chi connectivity index (χ2v) is 11.7. The molecule has 0 radical (unpaired) electrons. The third-order valence-electron chi connectivity index (χ3n) is 6.49. The van der Waals surface area contributed by atoms with Gasteiger partial charge in [-0.2, -0.15) is 13.2 Å². The Kier molecular flexibility index (Phi) is 6.34. The predicted molar refractivity (Wildman–Crippen MR) is 134 cm³/mol. The first-order valence-corrected chi connectivity index (χ1v) is 13.7. The molecule has 2 unspecified atom stereocenters. The van der Waals surface area contributed by atoms with Crippen molar-refractivity contribution >= 4 is 44.6 Å². The molecule has 0 fully saturated rings. The summed E-state index contributed by atoms with van der Waals surface area (Å²) in [7, 11) is -3.43. The van der Waals surface area contributed by atoms with Crippen LogP contribution in [0, 0.1) is 16.4 Å². The van der Waals surface area contributed by atoms with E-state index in [4.69, 9.17) is 16.4 Å². The van der Waals surface area contributed by atoms with Gasteiger partial charge in [0, 0.05) is 40.2 Å². The number of rotatable bonds is 4. The van der Waals surface area contributed by atoms with Crippen LogP contribution in [0.4, 0.5) is 38.1 Å². The summed E-state index contributed by atoms with van der Waals surface area (Å²) < 4.78 is 89.1. The third kappa shape index (κ3) is 4.80. The van der Waals surface area contributed by atoms with E-state index in [9.17, 15) is 35.8 Å². The topological polar surface area (TPSA) is 102 Å². The minimum absolute atomic E-state index is 0.00746. The first-order chi connectivity index (χ1) is 18.1. The van der Waals surface area contributed by atoms with Crippen molar-refractivity contribution in [2.24, 2.45) is 0 Å². The molecule has 0 spiro atoms. The summed E-state index contributed by atoms with van der Waals surface area (Å²) >= 11 is 6.33. The Hall–Kier alpha value is -3.71. The zero-order valence-electron chi connectivity index (χ0n) is 19.9. The number of amides is 3. The second-order valence-electron chi connectivity index (χ2n) is 9.14. The molecule has 7 nitrogen and oxygen atoms in total. The number of carbonyl (C=O) groups excluding carboxylic acids is 2. The van der Waals surface area contributed by atoms with Gasteiger partial charge in [-0.05, 0) is 54.4 Å². The van der Waals surface area contributed by atoms with Crippen molar-refractivity contribution in [2.75, 3.05) is 23.0 Å². The van der Waals surface area contributed by atoms with Gasteiger partial charge in [0.05, 0.1) is 31.9 Å². The van der Waals surface area contributed by atoms with Crippen molar-refractivity contribution in [2.45, 2.75) is 23.5 Å². The largest absolute Gasteiger partial charge is 0.416 e. The minimum atomic E-state index is -4.92. The smallest absolute Gasteiger partial charge is 0.327 e. The van der Waals surface area contributed by atoms with Crippen molar-refractivity contribution in [1.29, 1.82) is 4.78 Å². The van der Waals surface area contributed by atoms with Crippen molar-refractivity contribution in [3.8, 4) is 0 Å². The fraction of sp³-hybridized carbons (Fsp3) is 0.200. The zero-order chi connectivity index (χ0) is 28.4. The van der Waals surface area contributed by atoms with E-state index in [2.05, 4.69) is 10.6 Å². The number of nitrogens with one attached hydrogen (secondary N) is 3. The van der Waals surface area contributed by atoms with Gasteiger partial charge >= 0.3 is 12.2 Å². The molecule has 5 rings (SSSR count). The van der Waals surface area contributed by atoms with E-state index in [1.807, 2.05) is 0 Å². The van der Waals surface area contributed by atoms with E-state index in [-0.39, 0.29) is 51.5 Å². The van der Waals surface area contributed by atoms with Crippen LogP contribution in [0.2, 0.25) is 5.02 Å². The van der Waals surface area contributed by atoms with Crippen molar-refractivity contribution < 1.29 is 35.8 Å². The number of alkyl halides is 3. The Morgan fingerprint density at radius 2 is 1.87 bits per heavy atom. The van der Waals surface area contributed by atoms with Crippen LogP contribution in [0.3, 0.4) is 0 Å². The summed E-state index contributed by atoms with van der Waals surface area (Å²) in [4.78, 5) is 27.5. The average molecular weight is 585 g/mol. The van der Waals surface area contributed by atoms with E-state index >= 15 is 0 Å². The van der Waals surface area contributed by atoms with Crippen LogP contribution >= 0.6 is 11.6 Å². The summed E-state index contributed by atoms with van der Waals surface area (Å²) in [6.07, 6.45) is -3.55. The van der Waals surface area contributed by atoms with Gasteiger partial charge in [-0.1, -0.05) is 11.6 Å².